The average molecular weight is 399 g/mol. The van der Waals surface area contributed by atoms with Crippen molar-refractivity contribution in [3.63, 3.8) is 0 Å². The van der Waals surface area contributed by atoms with E-state index in [0.29, 0.717) is 17.1 Å². The topological polar surface area (TPSA) is 77.8 Å². The Kier molecular flexibility index (Phi) is 5.05. The van der Waals surface area contributed by atoms with Gasteiger partial charge in [0.2, 0.25) is 0 Å². The molecule has 2 aliphatic rings. The summed E-state index contributed by atoms with van der Waals surface area (Å²) in [4.78, 5) is 24.8. The summed E-state index contributed by atoms with van der Waals surface area (Å²) in [7, 11) is 0. The fourth-order valence-corrected chi connectivity index (χ4v) is 4.23. The van der Waals surface area contributed by atoms with Gasteiger partial charge in [-0.25, -0.2) is 4.79 Å². The van der Waals surface area contributed by atoms with Crippen LogP contribution in [0.2, 0.25) is 0 Å². The minimum Gasteiger partial charge on any atom is -0.487 e. The SMILES string of the molecule is CCC(C)NC(=O)COc1cc2c(c3oc(=O)c4c(c13)CCC4)CCC(C)(C)O2. The molecule has 1 unspecified atom stereocenters. The molecule has 1 aliphatic heterocycles. The molecule has 0 radical (unpaired) electrons. The third-order valence-electron chi connectivity index (χ3n) is 6.01. The zero-order chi connectivity index (χ0) is 20.8. The Morgan fingerprint density at radius 2 is 2.00 bits per heavy atom. The van der Waals surface area contributed by atoms with E-state index < -0.39 is 0 Å². The van der Waals surface area contributed by atoms with Gasteiger partial charge in [-0.2, -0.15) is 0 Å². The molecule has 0 fully saturated rings. The Bertz CT molecular complexity index is 1020. The Morgan fingerprint density at radius 3 is 2.76 bits per heavy atom. The van der Waals surface area contributed by atoms with Crippen LogP contribution in [0.5, 0.6) is 11.5 Å². The van der Waals surface area contributed by atoms with E-state index in [1.165, 1.54) is 0 Å². The molecule has 0 saturated carbocycles. The molecule has 1 amide bonds. The number of rotatable bonds is 5. The summed E-state index contributed by atoms with van der Waals surface area (Å²) in [5.41, 5.74) is 2.65. The maximum absolute atomic E-state index is 12.6. The van der Waals surface area contributed by atoms with E-state index in [4.69, 9.17) is 13.9 Å². The zero-order valence-electron chi connectivity index (χ0n) is 17.6. The molecule has 6 nitrogen and oxygen atoms in total. The van der Waals surface area contributed by atoms with Gasteiger partial charge < -0.3 is 19.2 Å². The molecule has 1 aromatic heterocycles. The second kappa shape index (κ2) is 7.39. The van der Waals surface area contributed by atoms with Crippen LogP contribution in [-0.2, 0) is 24.1 Å². The largest absolute Gasteiger partial charge is 0.487 e. The molecule has 156 valence electrons. The molecule has 0 bridgehead atoms. The standard InChI is InChI=1S/C23H29NO5/c1-5-13(2)24-19(25)12-27-18-11-17-16(9-10-23(3,4)29-17)21-20(18)14-7-6-8-15(14)22(26)28-21/h11,13H,5-10,12H2,1-4H3,(H,24,25). The fraction of sp³-hybridized carbons (Fsp3) is 0.565. The third-order valence-corrected chi connectivity index (χ3v) is 6.01. The molecule has 0 spiro atoms. The average Bonchev–Trinajstić information content (AvgIpc) is 3.15. The van der Waals surface area contributed by atoms with Crippen LogP contribution in [0.15, 0.2) is 15.3 Å². The van der Waals surface area contributed by atoms with Gasteiger partial charge in [-0.05, 0) is 64.9 Å². The lowest BCUT2D eigenvalue weighted by Crippen LogP contribution is -2.35. The molecule has 2 heterocycles. The van der Waals surface area contributed by atoms with Gasteiger partial charge in [-0.15, -0.1) is 0 Å². The fourth-order valence-electron chi connectivity index (χ4n) is 4.23. The van der Waals surface area contributed by atoms with Gasteiger partial charge >= 0.3 is 5.63 Å². The summed E-state index contributed by atoms with van der Waals surface area (Å²) in [5, 5.41) is 3.75. The summed E-state index contributed by atoms with van der Waals surface area (Å²) in [5.74, 6) is 1.06. The quantitative estimate of drug-likeness (QED) is 0.776. The van der Waals surface area contributed by atoms with Crippen LogP contribution in [0.3, 0.4) is 0 Å². The highest BCUT2D eigenvalue weighted by atomic mass is 16.5. The molecular weight excluding hydrogens is 370 g/mol. The number of hydrogen-bond acceptors (Lipinski definition) is 5. The molecule has 1 N–H and O–H groups in total. The minimum absolute atomic E-state index is 0.0878. The van der Waals surface area contributed by atoms with Crippen molar-refractivity contribution in [2.24, 2.45) is 0 Å². The Morgan fingerprint density at radius 1 is 1.24 bits per heavy atom. The van der Waals surface area contributed by atoms with Gasteiger partial charge in [0.25, 0.3) is 5.91 Å². The first-order chi connectivity index (χ1) is 13.8. The highest BCUT2D eigenvalue weighted by molar-refractivity contribution is 5.93. The first kappa shape index (κ1) is 19.8. The summed E-state index contributed by atoms with van der Waals surface area (Å²) < 4.78 is 17.9. The lowest BCUT2D eigenvalue weighted by Gasteiger charge is -2.33. The van der Waals surface area contributed by atoms with E-state index in [0.717, 1.165) is 60.6 Å². The van der Waals surface area contributed by atoms with Crippen molar-refractivity contribution in [1.29, 1.82) is 0 Å². The maximum Gasteiger partial charge on any atom is 0.339 e. The summed E-state index contributed by atoms with van der Waals surface area (Å²) in [6, 6.07) is 1.96. The van der Waals surface area contributed by atoms with Crippen molar-refractivity contribution in [3.05, 3.63) is 33.2 Å². The van der Waals surface area contributed by atoms with E-state index in [1.807, 2.05) is 33.8 Å². The van der Waals surface area contributed by atoms with E-state index >= 15 is 0 Å². The van der Waals surface area contributed by atoms with E-state index in [-0.39, 0.29) is 29.8 Å². The summed E-state index contributed by atoms with van der Waals surface area (Å²) >= 11 is 0. The van der Waals surface area contributed by atoms with Gasteiger partial charge in [0, 0.05) is 23.2 Å². The van der Waals surface area contributed by atoms with Crippen LogP contribution < -0.4 is 20.4 Å². The minimum atomic E-state index is -0.303. The van der Waals surface area contributed by atoms with Gasteiger partial charge in [0.1, 0.15) is 22.7 Å². The van der Waals surface area contributed by atoms with Crippen LogP contribution in [0.25, 0.3) is 11.0 Å². The predicted octanol–water partition coefficient (Wildman–Crippen LogP) is 3.68. The number of benzene rings is 1. The highest BCUT2D eigenvalue weighted by Crippen LogP contribution is 2.44. The molecule has 29 heavy (non-hydrogen) atoms. The van der Waals surface area contributed by atoms with Crippen LogP contribution in [0.4, 0.5) is 0 Å². The van der Waals surface area contributed by atoms with Crippen LogP contribution in [0, 0.1) is 0 Å². The normalized spacial score (nSPS) is 17.9. The lowest BCUT2D eigenvalue weighted by atomic mass is 9.91. The summed E-state index contributed by atoms with van der Waals surface area (Å²) in [6.07, 6.45) is 4.94. The number of carbonyl (C=O) groups is 1. The first-order valence-electron chi connectivity index (χ1n) is 10.5. The number of ether oxygens (including phenoxy) is 2. The molecule has 0 saturated heterocycles. The van der Waals surface area contributed by atoms with Crippen LogP contribution in [0.1, 0.15) is 63.6 Å². The number of amides is 1. The van der Waals surface area contributed by atoms with Crippen molar-refractivity contribution in [2.75, 3.05) is 6.61 Å². The number of hydrogen-bond donors (Lipinski definition) is 1. The van der Waals surface area contributed by atoms with Crippen molar-refractivity contribution in [1.82, 2.24) is 5.32 Å². The Balaban J connectivity index is 1.79. The van der Waals surface area contributed by atoms with Gasteiger partial charge in [0.05, 0.1) is 5.39 Å². The molecule has 2 aromatic rings. The maximum atomic E-state index is 12.6. The Hall–Kier alpha value is -2.50. The number of aryl methyl sites for hydroxylation is 2. The second-order valence-corrected chi connectivity index (χ2v) is 8.78. The molecule has 1 aliphatic carbocycles. The van der Waals surface area contributed by atoms with Gasteiger partial charge in [-0.1, -0.05) is 6.92 Å². The van der Waals surface area contributed by atoms with Crippen molar-refractivity contribution in [2.45, 2.75) is 77.9 Å². The van der Waals surface area contributed by atoms with Crippen LogP contribution in [-0.4, -0.2) is 24.2 Å². The van der Waals surface area contributed by atoms with Crippen molar-refractivity contribution < 1.29 is 18.7 Å². The third kappa shape index (κ3) is 3.72. The smallest absolute Gasteiger partial charge is 0.339 e. The lowest BCUT2D eigenvalue weighted by molar-refractivity contribution is -0.123. The summed E-state index contributed by atoms with van der Waals surface area (Å²) in [6.45, 7) is 7.98. The van der Waals surface area contributed by atoms with E-state index in [1.54, 1.807) is 0 Å². The zero-order valence-corrected chi connectivity index (χ0v) is 17.6. The predicted molar refractivity (Wildman–Crippen MR) is 111 cm³/mol. The first-order valence-corrected chi connectivity index (χ1v) is 10.5. The monoisotopic (exact) mass is 399 g/mol. The Labute approximate surface area is 170 Å². The van der Waals surface area contributed by atoms with E-state index in [9.17, 15) is 9.59 Å². The molecule has 1 atom stereocenters. The van der Waals surface area contributed by atoms with Gasteiger partial charge in [0.15, 0.2) is 6.61 Å². The molecule has 4 rings (SSSR count). The highest BCUT2D eigenvalue weighted by Gasteiger charge is 2.32. The number of fused-ring (bicyclic) bond motifs is 5. The molecule has 1 aromatic carbocycles. The second-order valence-electron chi connectivity index (χ2n) is 8.78. The molecular formula is C23H29NO5. The van der Waals surface area contributed by atoms with Crippen LogP contribution >= 0.6 is 0 Å². The van der Waals surface area contributed by atoms with E-state index in [2.05, 4.69) is 5.32 Å². The number of carbonyl (C=O) groups excluding carboxylic acids is 1. The van der Waals surface area contributed by atoms with Crippen molar-refractivity contribution in [3.8, 4) is 11.5 Å². The molecule has 6 heteroatoms. The van der Waals surface area contributed by atoms with Gasteiger partial charge in [-0.3, -0.25) is 4.79 Å². The number of nitrogens with one attached hydrogen (secondary N) is 1. The van der Waals surface area contributed by atoms with Crippen molar-refractivity contribution >= 4 is 16.9 Å².